The van der Waals surface area contributed by atoms with E-state index in [2.05, 4.69) is 43.3 Å². The van der Waals surface area contributed by atoms with E-state index in [9.17, 15) is 0 Å². The fraction of sp³-hybridized carbons (Fsp3) is 0.500. The van der Waals surface area contributed by atoms with Crippen molar-refractivity contribution < 1.29 is 0 Å². The van der Waals surface area contributed by atoms with E-state index >= 15 is 0 Å². The molecular weight excluding hydrogens is 172 g/mol. The second-order valence-corrected chi connectivity index (χ2v) is 4.24. The van der Waals surface area contributed by atoms with Gasteiger partial charge in [0.15, 0.2) is 0 Å². The molecule has 0 aliphatic carbocycles. The minimum absolute atomic E-state index is 0.240. The Morgan fingerprint density at radius 3 is 2.50 bits per heavy atom. The summed E-state index contributed by atoms with van der Waals surface area (Å²) in [5.74, 6) is 0. The summed E-state index contributed by atoms with van der Waals surface area (Å²) < 4.78 is 0. The molecule has 0 spiro atoms. The number of nitrogens with zero attached hydrogens (tertiary/aromatic N) is 1. The third-order valence-electron chi connectivity index (χ3n) is 2.05. The molecule has 0 aliphatic rings. The number of rotatable bonds is 4. The molecule has 0 aliphatic heterocycles. The Bertz CT molecular complexity index is 254. The number of benzene rings is 1. The van der Waals surface area contributed by atoms with Gasteiger partial charge in [0.1, 0.15) is 0 Å². The van der Waals surface area contributed by atoms with Crippen LogP contribution in [-0.4, -0.2) is 25.0 Å². The first-order chi connectivity index (χ1) is 6.58. The molecule has 0 bridgehead atoms. The van der Waals surface area contributed by atoms with Gasteiger partial charge in [-0.15, -0.1) is 0 Å². The van der Waals surface area contributed by atoms with Crippen molar-refractivity contribution in [3.8, 4) is 0 Å². The fourth-order valence-electron chi connectivity index (χ4n) is 1.59. The Labute approximate surface area is 86.7 Å². The molecule has 1 aromatic rings. The molecule has 0 saturated heterocycles. The predicted molar refractivity (Wildman–Crippen MR) is 61.2 cm³/mol. The summed E-state index contributed by atoms with van der Waals surface area (Å²) >= 11 is 0. The maximum atomic E-state index is 5.77. The van der Waals surface area contributed by atoms with Gasteiger partial charge >= 0.3 is 0 Å². The molecule has 0 aromatic heterocycles. The van der Waals surface area contributed by atoms with Gasteiger partial charge in [-0.1, -0.05) is 24.3 Å². The third-order valence-corrected chi connectivity index (χ3v) is 2.05. The van der Waals surface area contributed by atoms with E-state index in [1.165, 1.54) is 11.1 Å². The maximum absolute atomic E-state index is 5.77. The van der Waals surface area contributed by atoms with Gasteiger partial charge in [0.05, 0.1) is 0 Å². The van der Waals surface area contributed by atoms with Crippen LogP contribution in [0, 0.1) is 0 Å². The number of hydrogen-bond donors (Lipinski definition) is 1. The SMILES string of the molecule is CC(N)Cc1cccc(CN(C)C)c1. The van der Waals surface area contributed by atoms with Gasteiger partial charge in [0, 0.05) is 12.6 Å². The van der Waals surface area contributed by atoms with E-state index in [0.29, 0.717) is 0 Å². The monoisotopic (exact) mass is 192 g/mol. The van der Waals surface area contributed by atoms with E-state index < -0.39 is 0 Å². The predicted octanol–water partition coefficient (Wildman–Crippen LogP) is 1.64. The van der Waals surface area contributed by atoms with E-state index in [4.69, 9.17) is 5.73 Å². The Balaban J connectivity index is 2.68. The summed E-state index contributed by atoms with van der Waals surface area (Å²) in [7, 11) is 4.16. The summed E-state index contributed by atoms with van der Waals surface area (Å²) in [6, 6.07) is 8.89. The zero-order chi connectivity index (χ0) is 10.6. The quantitative estimate of drug-likeness (QED) is 0.785. The summed E-state index contributed by atoms with van der Waals surface area (Å²) in [4.78, 5) is 2.17. The molecule has 0 fully saturated rings. The lowest BCUT2D eigenvalue weighted by Crippen LogP contribution is -2.18. The first-order valence-electron chi connectivity index (χ1n) is 5.06. The van der Waals surface area contributed by atoms with Crippen LogP contribution in [0.25, 0.3) is 0 Å². The standard InChI is InChI=1S/C12H20N2/c1-10(13)7-11-5-4-6-12(8-11)9-14(2)3/h4-6,8,10H,7,9,13H2,1-3H3. The van der Waals surface area contributed by atoms with Crippen LogP contribution < -0.4 is 5.73 Å². The van der Waals surface area contributed by atoms with Crippen LogP contribution in [0.3, 0.4) is 0 Å². The van der Waals surface area contributed by atoms with E-state index in [1.807, 2.05) is 6.92 Å². The lowest BCUT2D eigenvalue weighted by molar-refractivity contribution is 0.402. The molecular formula is C12H20N2. The molecule has 1 aromatic carbocycles. The van der Waals surface area contributed by atoms with Crippen molar-refractivity contribution in [3.05, 3.63) is 35.4 Å². The van der Waals surface area contributed by atoms with Gasteiger partial charge in [-0.25, -0.2) is 0 Å². The van der Waals surface area contributed by atoms with Gasteiger partial charge in [0.2, 0.25) is 0 Å². The van der Waals surface area contributed by atoms with Crippen molar-refractivity contribution in [1.82, 2.24) is 4.90 Å². The summed E-state index contributed by atoms with van der Waals surface area (Å²) in [6.45, 7) is 3.03. The molecule has 0 radical (unpaired) electrons. The van der Waals surface area contributed by atoms with Crippen LogP contribution in [0.4, 0.5) is 0 Å². The lowest BCUT2D eigenvalue weighted by atomic mass is 10.0. The molecule has 78 valence electrons. The molecule has 0 heterocycles. The average Bonchev–Trinajstić information content (AvgIpc) is 2.01. The highest BCUT2D eigenvalue weighted by Crippen LogP contribution is 2.08. The maximum Gasteiger partial charge on any atom is 0.0227 e. The molecule has 2 N–H and O–H groups in total. The van der Waals surface area contributed by atoms with Crippen LogP contribution in [-0.2, 0) is 13.0 Å². The molecule has 0 amide bonds. The lowest BCUT2D eigenvalue weighted by Gasteiger charge is -2.11. The third kappa shape index (κ3) is 3.90. The van der Waals surface area contributed by atoms with Gasteiger partial charge in [-0.3, -0.25) is 0 Å². The van der Waals surface area contributed by atoms with Crippen LogP contribution in [0.1, 0.15) is 18.1 Å². The zero-order valence-electron chi connectivity index (χ0n) is 9.33. The highest BCUT2D eigenvalue weighted by atomic mass is 15.0. The average molecular weight is 192 g/mol. The van der Waals surface area contributed by atoms with Gasteiger partial charge in [0.25, 0.3) is 0 Å². The topological polar surface area (TPSA) is 29.3 Å². The van der Waals surface area contributed by atoms with E-state index in [1.54, 1.807) is 0 Å². The number of hydrogen-bond acceptors (Lipinski definition) is 2. The van der Waals surface area contributed by atoms with Crippen molar-refractivity contribution in [3.63, 3.8) is 0 Å². The smallest absolute Gasteiger partial charge is 0.0227 e. The molecule has 1 atom stereocenters. The van der Waals surface area contributed by atoms with Crippen molar-refractivity contribution in [2.45, 2.75) is 25.9 Å². The summed E-state index contributed by atoms with van der Waals surface area (Å²) in [6.07, 6.45) is 0.960. The van der Waals surface area contributed by atoms with Crippen molar-refractivity contribution in [2.24, 2.45) is 5.73 Å². The zero-order valence-corrected chi connectivity index (χ0v) is 9.33. The molecule has 0 saturated carbocycles. The molecule has 2 heteroatoms. The van der Waals surface area contributed by atoms with Crippen molar-refractivity contribution in [1.29, 1.82) is 0 Å². The highest BCUT2D eigenvalue weighted by Gasteiger charge is 2.00. The first-order valence-corrected chi connectivity index (χ1v) is 5.06. The second-order valence-electron chi connectivity index (χ2n) is 4.24. The highest BCUT2D eigenvalue weighted by molar-refractivity contribution is 5.24. The molecule has 14 heavy (non-hydrogen) atoms. The van der Waals surface area contributed by atoms with Gasteiger partial charge in [-0.05, 0) is 38.6 Å². The first kappa shape index (κ1) is 11.2. The largest absolute Gasteiger partial charge is 0.328 e. The van der Waals surface area contributed by atoms with Crippen molar-refractivity contribution in [2.75, 3.05) is 14.1 Å². The molecule has 2 nitrogen and oxygen atoms in total. The van der Waals surface area contributed by atoms with Crippen molar-refractivity contribution >= 4 is 0 Å². The fourth-order valence-corrected chi connectivity index (χ4v) is 1.59. The Morgan fingerprint density at radius 1 is 1.29 bits per heavy atom. The van der Waals surface area contributed by atoms with Gasteiger partial charge in [-0.2, -0.15) is 0 Å². The van der Waals surface area contributed by atoms with Crippen LogP contribution >= 0.6 is 0 Å². The van der Waals surface area contributed by atoms with Crippen LogP contribution in [0.2, 0.25) is 0 Å². The Hall–Kier alpha value is -0.860. The summed E-state index contributed by atoms with van der Waals surface area (Å²) in [5, 5.41) is 0. The minimum Gasteiger partial charge on any atom is -0.328 e. The molecule has 1 unspecified atom stereocenters. The number of nitrogens with two attached hydrogens (primary N) is 1. The Kier molecular flexibility index (Phi) is 4.11. The van der Waals surface area contributed by atoms with Crippen LogP contribution in [0.15, 0.2) is 24.3 Å². The summed E-state index contributed by atoms with van der Waals surface area (Å²) in [5.41, 5.74) is 8.45. The normalized spacial score (nSPS) is 13.2. The molecule has 1 rings (SSSR count). The van der Waals surface area contributed by atoms with E-state index in [-0.39, 0.29) is 6.04 Å². The second kappa shape index (κ2) is 5.13. The van der Waals surface area contributed by atoms with Crippen LogP contribution in [0.5, 0.6) is 0 Å². The minimum atomic E-state index is 0.240. The van der Waals surface area contributed by atoms with Gasteiger partial charge < -0.3 is 10.6 Å². The van der Waals surface area contributed by atoms with E-state index in [0.717, 1.165) is 13.0 Å². The Morgan fingerprint density at radius 2 is 1.93 bits per heavy atom.